The lowest BCUT2D eigenvalue weighted by molar-refractivity contribution is 0.264. The summed E-state index contributed by atoms with van der Waals surface area (Å²) in [6.07, 6.45) is 1.05. The molecule has 2 aromatic carbocycles. The summed E-state index contributed by atoms with van der Waals surface area (Å²) < 4.78 is 0. The number of fused-ring (bicyclic) bond motifs is 1. The summed E-state index contributed by atoms with van der Waals surface area (Å²) in [6.45, 7) is 6.81. The first-order valence-electron chi connectivity index (χ1n) is 6.55. The highest BCUT2D eigenvalue weighted by molar-refractivity contribution is 6.18. The topological polar surface area (TPSA) is 0 Å². The molecule has 96 valence electrons. The average Bonchev–Trinajstić information content (AvgIpc) is 2.34. The SMILES string of the molecule is CC(C)(C)C(CCl)Cc1cccc2ccccc12. The molecular weight excluding hydrogens is 240 g/mol. The predicted octanol–water partition coefficient (Wildman–Crippen LogP) is 5.28. The molecular formula is C17H21Cl. The predicted molar refractivity (Wildman–Crippen MR) is 81.3 cm³/mol. The second-order valence-electron chi connectivity index (χ2n) is 6.06. The Morgan fingerprint density at radius 1 is 1.00 bits per heavy atom. The average molecular weight is 261 g/mol. The Morgan fingerprint density at radius 2 is 1.67 bits per heavy atom. The molecule has 0 fully saturated rings. The number of benzene rings is 2. The van der Waals surface area contributed by atoms with Gasteiger partial charge in [-0.1, -0.05) is 63.2 Å². The van der Waals surface area contributed by atoms with Crippen LogP contribution >= 0.6 is 11.6 Å². The van der Waals surface area contributed by atoms with Crippen molar-refractivity contribution in [2.75, 3.05) is 5.88 Å². The van der Waals surface area contributed by atoms with Crippen molar-refractivity contribution in [3.63, 3.8) is 0 Å². The molecule has 0 aliphatic heterocycles. The zero-order valence-corrected chi connectivity index (χ0v) is 12.2. The quantitative estimate of drug-likeness (QED) is 0.659. The van der Waals surface area contributed by atoms with Crippen molar-refractivity contribution in [3.05, 3.63) is 48.0 Å². The van der Waals surface area contributed by atoms with Gasteiger partial charge in [0.15, 0.2) is 0 Å². The summed E-state index contributed by atoms with van der Waals surface area (Å²) in [7, 11) is 0. The van der Waals surface area contributed by atoms with Crippen LogP contribution in [0.2, 0.25) is 0 Å². The third kappa shape index (κ3) is 2.87. The molecule has 0 saturated heterocycles. The molecule has 0 saturated carbocycles. The Kier molecular flexibility index (Phi) is 3.97. The van der Waals surface area contributed by atoms with Crippen molar-refractivity contribution in [2.45, 2.75) is 27.2 Å². The highest BCUT2D eigenvalue weighted by atomic mass is 35.5. The van der Waals surface area contributed by atoms with E-state index < -0.39 is 0 Å². The van der Waals surface area contributed by atoms with Crippen molar-refractivity contribution in [1.29, 1.82) is 0 Å². The smallest absolute Gasteiger partial charge is 0.0259 e. The van der Waals surface area contributed by atoms with Crippen LogP contribution in [-0.2, 0) is 6.42 Å². The van der Waals surface area contributed by atoms with Crippen molar-refractivity contribution in [3.8, 4) is 0 Å². The normalized spacial score (nSPS) is 13.8. The molecule has 0 nitrogen and oxygen atoms in total. The zero-order chi connectivity index (χ0) is 13.2. The van der Waals surface area contributed by atoms with E-state index in [1.54, 1.807) is 0 Å². The van der Waals surface area contributed by atoms with E-state index in [4.69, 9.17) is 11.6 Å². The van der Waals surface area contributed by atoms with Crippen LogP contribution in [0.15, 0.2) is 42.5 Å². The lowest BCUT2D eigenvalue weighted by atomic mass is 9.78. The summed E-state index contributed by atoms with van der Waals surface area (Å²) in [5.41, 5.74) is 1.66. The van der Waals surface area contributed by atoms with Gasteiger partial charge < -0.3 is 0 Å². The van der Waals surface area contributed by atoms with Crippen molar-refractivity contribution in [2.24, 2.45) is 11.3 Å². The molecule has 18 heavy (non-hydrogen) atoms. The van der Waals surface area contributed by atoms with E-state index >= 15 is 0 Å². The molecule has 0 bridgehead atoms. The molecule has 0 N–H and O–H groups in total. The minimum atomic E-state index is 0.249. The van der Waals surface area contributed by atoms with Gasteiger partial charge in [-0.05, 0) is 34.1 Å². The van der Waals surface area contributed by atoms with Gasteiger partial charge in [0.1, 0.15) is 0 Å². The standard InChI is InChI=1S/C17H21Cl/c1-17(2,3)15(12-18)11-14-9-6-8-13-7-4-5-10-16(13)14/h4-10,15H,11-12H2,1-3H3. The molecule has 0 heterocycles. The van der Waals surface area contributed by atoms with E-state index in [-0.39, 0.29) is 5.41 Å². The number of rotatable bonds is 3. The fourth-order valence-corrected chi connectivity index (χ4v) is 2.90. The molecule has 0 aliphatic carbocycles. The molecule has 1 heteroatoms. The van der Waals surface area contributed by atoms with E-state index in [0.29, 0.717) is 11.8 Å². The van der Waals surface area contributed by atoms with Gasteiger partial charge >= 0.3 is 0 Å². The minimum absolute atomic E-state index is 0.249. The highest BCUT2D eigenvalue weighted by Crippen LogP contribution is 2.32. The number of alkyl halides is 1. The lowest BCUT2D eigenvalue weighted by Gasteiger charge is -2.29. The van der Waals surface area contributed by atoms with Crippen molar-refractivity contribution in [1.82, 2.24) is 0 Å². The molecule has 2 rings (SSSR count). The summed E-state index contributed by atoms with van der Waals surface area (Å²) in [5, 5.41) is 2.68. The number of hydrogen-bond donors (Lipinski definition) is 0. The Hall–Kier alpha value is -1.01. The van der Waals surface area contributed by atoms with E-state index in [1.165, 1.54) is 16.3 Å². The molecule has 2 aromatic rings. The summed E-state index contributed by atoms with van der Waals surface area (Å²) in [5.74, 6) is 1.22. The van der Waals surface area contributed by atoms with E-state index in [0.717, 1.165) is 6.42 Å². The van der Waals surface area contributed by atoms with Crippen LogP contribution in [0.25, 0.3) is 10.8 Å². The Bertz CT molecular complexity index is 517. The van der Waals surface area contributed by atoms with Gasteiger partial charge in [-0.2, -0.15) is 0 Å². The van der Waals surface area contributed by atoms with Crippen LogP contribution in [0.5, 0.6) is 0 Å². The van der Waals surface area contributed by atoms with Gasteiger partial charge in [-0.15, -0.1) is 11.6 Å². The molecule has 0 aliphatic rings. The van der Waals surface area contributed by atoms with Gasteiger partial charge in [-0.3, -0.25) is 0 Å². The summed E-state index contributed by atoms with van der Waals surface area (Å²) in [4.78, 5) is 0. The van der Waals surface area contributed by atoms with Gasteiger partial charge in [0.25, 0.3) is 0 Å². The molecule has 0 spiro atoms. The van der Waals surface area contributed by atoms with Crippen LogP contribution in [0.1, 0.15) is 26.3 Å². The molecule has 0 radical (unpaired) electrons. The Morgan fingerprint density at radius 3 is 2.33 bits per heavy atom. The molecule has 0 aromatic heterocycles. The Labute approximate surface area is 115 Å². The third-order valence-electron chi connectivity index (χ3n) is 3.76. The van der Waals surface area contributed by atoms with Crippen LogP contribution in [0, 0.1) is 11.3 Å². The van der Waals surface area contributed by atoms with Gasteiger partial charge in [-0.25, -0.2) is 0 Å². The van der Waals surface area contributed by atoms with E-state index in [9.17, 15) is 0 Å². The third-order valence-corrected chi connectivity index (χ3v) is 4.13. The molecule has 1 unspecified atom stereocenters. The maximum atomic E-state index is 6.15. The van der Waals surface area contributed by atoms with Crippen molar-refractivity contribution < 1.29 is 0 Å². The van der Waals surface area contributed by atoms with Crippen molar-refractivity contribution >= 4 is 22.4 Å². The first-order valence-corrected chi connectivity index (χ1v) is 7.08. The fraction of sp³-hybridized carbons (Fsp3) is 0.412. The maximum Gasteiger partial charge on any atom is 0.0259 e. The second kappa shape index (κ2) is 5.32. The van der Waals surface area contributed by atoms with Gasteiger partial charge in [0.05, 0.1) is 0 Å². The van der Waals surface area contributed by atoms with Crippen LogP contribution in [0.4, 0.5) is 0 Å². The zero-order valence-electron chi connectivity index (χ0n) is 11.4. The van der Waals surface area contributed by atoms with Crippen LogP contribution in [0.3, 0.4) is 0 Å². The summed E-state index contributed by atoms with van der Waals surface area (Å²) >= 11 is 6.15. The number of hydrogen-bond acceptors (Lipinski definition) is 0. The number of halogens is 1. The Balaban J connectivity index is 2.37. The monoisotopic (exact) mass is 260 g/mol. The maximum absolute atomic E-state index is 6.15. The largest absolute Gasteiger partial charge is 0.126 e. The summed E-state index contributed by atoms with van der Waals surface area (Å²) in [6, 6.07) is 15.1. The fourth-order valence-electron chi connectivity index (χ4n) is 2.33. The first kappa shape index (κ1) is 13.4. The van der Waals surface area contributed by atoms with Crippen LogP contribution < -0.4 is 0 Å². The lowest BCUT2D eigenvalue weighted by Crippen LogP contribution is -2.24. The highest BCUT2D eigenvalue weighted by Gasteiger charge is 2.24. The molecule has 0 amide bonds. The van der Waals surface area contributed by atoms with Crippen LogP contribution in [-0.4, -0.2) is 5.88 Å². The van der Waals surface area contributed by atoms with Gasteiger partial charge in [0.2, 0.25) is 0 Å². The van der Waals surface area contributed by atoms with E-state index in [2.05, 4.69) is 63.2 Å². The van der Waals surface area contributed by atoms with E-state index in [1.807, 2.05) is 0 Å². The minimum Gasteiger partial charge on any atom is -0.126 e. The first-order chi connectivity index (χ1) is 8.52. The second-order valence-corrected chi connectivity index (χ2v) is 6.37. The van der Waals surface area contributed by atoms with Gasteiger partial charge in [0, 0.05) is 5.88 Å². The molecule has 1 atom stereocenters.